The smallest absolute Gasteiger partial charge is 0.378 e. The summed E-state index contributed by atoms with van der Waals surface area (Å²) in [5.41, 5.74) is 0. The van der Waals surface area contributed by atoms with E-state index in [2.05, 4.69) is 52.7 Å². The molecule has 0 aliphatic heterocycles. The Hall–Kier alpha value is -2.92. The zero-order chi connectivity index (χ0) is 33.7. The molecule has 0 atom stereocenters. The van der Waals surface area contributed by atoms with Crippen molar-refractivity contribution in [3.8, 4) is 5.75 Å². The number of hydrogen-bond acceptors (Lipinski definition) is 6. The van der Waals surface area contributed by atoms with E-state index in [9.17, 15) is 56.3 Å². The van der Waals surface area contributed by atoms with Crippen LogP contribution in [0.25, 0.3) is 0 Å². The maximum Gasteiger partial charge on any atom is 0.460 e. The number of sulfone groups is 1. The minimum Gasteiger partial charge on any atom is -0.378 e. The molecule has 248 valence electrons. The Morgan fingerprint density at radius 3 is 1.47 bits per heavy atom. The summed E-state index contributed by atoms with van der Waals surface area (Å²) < 4.78 is 168. The van der Waals surface area contributed by atoms with Crippen molar-refractivity contribution in [3.63, 3.8) is 0 Å². The van der Waals surface area contributed by atoms with Gasteiger partial charge in [0, 0.05) is 9.79 Å². The summed E-state index contributed by atoms with van der Waals surface area (Å²) in [5.74, 6) is -16.1. The van der Waals surface area contributed by atoms with Gasteiger partial charge in [0.1, 0.15) is 5.75 Å². The summed E-state index contributed by atoms with van der Waals surface area (Å²) in [4.78, 5) is 2.19. The summed E-state index contributed by atoms with van der Waals surface area (Å²) >= 11 is 1.79. The third-order valence-electron chi connectivity index (χ3n) is 6.50. The molecule has 0 unspecified atom stereocenters. The lowest BCUT2D eigenvalue weighted by Gasteiger charge is -2.32. The van der Waals surface area contributed by atoms with Gasteiger partial charge in [0.15, 0.2) is 9.84 Å². The Morgan fingerprint density at radius 1 is 0.600 bits per heavy atom. The minimum absolute atomic E-state index is 0.337. The topological polar surface area (TPSA) is 77.5 Å². The Bertz CT molecular complexity index is 1570. The molecule has 3 aromatic carbocycles. The molecule has 1 fully saturated rings. The van der Waals surface area contributed by atoms with Gasteiger partial charge >= 0.3 is 33.4 Å². The van der Waals surface area contributed by atoms with Crippen LogP contribution in [0, 0.1) is 0 Å². The van der Waals surface area contributed by atoms with Crippen molar-refractivity contribution in [1.29, 1.82) is 0 Å². The summed E-state index contributed by atoms with van der Waals surface area (Å²) in [6.45, 7) is 0. The van der Waals surface area contributed by atoms with Gasteiger partial charge in [0.25, 0.3) is 0 Å². The predicted molar refractivity (Wildman–Crippen MR) is 148 cm³/mol. The third kappa shape index (κ3) is 8.09. The molecule has 5 nitrogen and oxygen atoms in total. The van der Waals surface area contributed by atoms with E-state index in [0.717, 1.165) is 6.42 Å². The van der Waals surface area contributed by atoms with Crippen LogP contribution in [0.5, 0.6) is 5.75 Å². The van der Waals surface area contributed by atoms with Crippen molar-refractivity contribution < 1.29 is 60.5 Å². The second kappa shape index (κ2) is 13.8. The first-order valence-corrected chi connectivity index (χ1v) is 16.8. The van der Waals surface area contributed by atoms with Gasteiger partial charge in [-0.15, -0.1) is 0 Å². The maximum absolute atomic E-state index is 13.7. The molecule has 45 heavy (non-hydrogen) atoms. The zero-order valence-electron chi connectivity index (χ0n) is 22.9. The van der Waals surface area contributed by atoms with Crippen LogP contribution in [0.1, 0.15) is 32.1 Å². The molecule has 0 bridgehead atoms. The first-order valence-electron chi connectivity index (χ1n) is 13.0. The van der Waals surface area contributed by atoms with E-state index in [1.807, 2.05) is 12.1 Å². The van der Waals surface area contributed by atoms with Crippen LogP contribution in [0.15, 0.2) is 99.6 Å². The average Bonchev–Trinajstić information content (AvgIpc) is 2.98. The normalized spacial score (nSPS) is 15.6. The molecule has 1 saturated carbocycles. The van der Waals surface area contributed by atoms with Gasteiger partial charge in [-0.2, -0.15) is 47.9 Å². The lowest BCUT2D eigenvalue weighted by atomic mass is 10.0. The fraction of sp³-hybridized carbons (Fsp3) is 0.357. The summed E-state index contributed by atoms with van der Waals surface area (Å²) in [6.07, 6.45) is -4.44. The van der Waals surface area contributed by atoms with E-state index >= 15 is 0 Å². The van der Waals surface area contributed by atoms with E-state index in [4.69, 9.17) is 0 Å². The molecule has 0 amide bonds. The highest BCUT2D eigenvalue weighted by atomic mass is 32.2. The van der Waals surface area contributed by atoms with Crippen LogP contribution in [0.4, 0.5) is 39.5 Å². The van der Waals surface area contributed by atoms with Crippen molar-refractivity contribution >= 4 is 31.7 Å². The van der Waals surface area contributed by atoms with E-state index in [0.29, 0.717) is 49.9 Å². The summed E-state index contributed by atoms with van der Waals surface area (Å²) in [7, 11) is -11.0. The van der Waals surface area contributed by atoms with Gasteiger partial charge < -0.3 is 4.18 Å². The molecule has 0 aromatic heterocycles. The molecule has 1 aliphatic rings. The molecule has 0 saturated heterocycles. The number of hydrogen-bond donors (Lipinski definition) is 0. The van der Waals surface area contributed by atoms with E-state index < -0.39 is 54.2 Å². The van der Waals surface area contributed by atoms with E-state index in [-0.39, 0.29) is 4.90 Å². The maximum atomic E-state index is 13.7. The molecule has 17 heteroatoms. The van der Waals surface area contributed by atoms with Crippen molar-refractivity contribution in [2.75, 3.05) is 0 Å². The SMILES string of the molecule is O=S(=O)(c1ccc(OS(=O)(=O)C(F)(F)C(F)(F)C(F)(F)C(F)(F)F)cc1)C1CCCCC1.c1ccc(Sc2ccccc2)cc1. The Morgan fingerprint density at radius 2 is 1.04 bits per heavy atom. The fourth-order valence-electron chi connectivity index (χ4n) is 4.06. The van der Waals surface area contributed by atoms with Gasteiger partial charge in [-0.25, -0.2) is 8.42 Å². The number of alkyl halides is 9. The van der Waals surface area contributed by atoms with Gasteiger partial charge in [0.05, 0.1) is 10.1 Å². The standard InChI is InChI=1S/C16H15F9O5S2.C12H10S/c17-13(18,15(21,22)23)14(19,20)16(24,25)32(28,29)30-10-6-8-12(9-7-10)31(26,27)11-4-2-1-3-5-11;1-3-7-11(8-4-1)13-12-9-5-2-6-10-12/h6-9,11H,1-5H2;1-10H. The molecule has 0 spiro atoms. The van der Waals surface area contributed by atoms with Crippen LogP contribution in [-0.2, 0) is 20.0 Å². The van der Waals surface area contributed by atoms with Crippen LogP contribution < -0.4 is 4.18 Å². The van der Waals surface area contributed by atoms with E-state index in [1.54, 1.807) is 11.8 Å². The molecule has 0 radical (unpaired) electrons. The Kier molecular flexibility index (Phi) is 11.2. The van der Waals surface area contributed by atoms with Crippen molar-refractivity contribution in [3.05, 3.63) is 84.9 Å². The predicted octanol–water partition coefficient (Wildman–Crippen LogP) is 8.77. The van der Waals surface area contributed by atoms with Gasteiger partial charge in [-0.1, -0.05) is 67.4 Å². The summed E-state index contributed by atoms with van der Waals surface area (Å²) in [6, 6.07) is 23.1. The first-order chi connectivity index (χ1) is 20.7. The van der Waals surface area contributed by atoms with Crippen LogP contribution in [0.2, 0.25) is 0 Å². The second-order valence-corrected chi connectivity index (χ2v) is 14.7. The highest BCUT2D eigenvalue weighted by molar-refractivity contribution is 7.99. The largest absolute Gasteiger partial charge is 0.460 e. The van der Waals surface area contributed by atoms with Crippen LogP contribution in [0.3, 0.4) is 0 Å². The van der Waals surface area contributed by atoms with Gasteiger partial charge in [0.2, 0.25) is 0 Å². The highest BCUT2D eigenvalue weighted by Crippen LogP contribution is 2.55. The molecule has 4 rings (SSSR count). The van der Waals surface area contributed by atoms with Gasteiger partial charge in [-0.3, -0.25) is 0 Å². The van der Waals surface area contributed by atoms with Gasteiger partial charge in [-0.05, 0) is 61.4 Å². The quantitative estimate of drug-likeness (QED) is 0.164. The molecule has 0 N–H and O–H groups in total. The Labute approximate surface area is 257 Å². The third-order valence-corrected chi connectivity index (χ3v) is 11.1. The molecular formula is C28H25F9O5S3. The van der Waals surface area contributed by atoms with Crippen LogP contribution in [-0.4, -0.2) is 45.4 Å². The second-order valence-electron chi connectivity index (χ2n) is 9.71. The number of rotatable bonds is 9. The lowest BCUT2D eigenvalue weighted by Crippen LogP contribution is -2.63. The Balaban J connectivity index is 0.000000350. The minimum atomic E-state index is -7.43. The van der Waals surface area contributed by atoms with E-state index in [1.165, 1.54) is 9.79 Å². The average molecular weight is 709 g/mol. The monoisotopic (exact) mass is 708 g/mol. The van der Waals surface area contributed by atoms with Crippen molar-refractivity contribution in [2.45, 2.75) is 75.3 Å². The first kappa shape index (κ1) is 36.5. The lowest BCUT2D eigenvalue weighted by molar-refractivity contribution is -0.382. The number of benzene rings is 3. The van der Waals surface area contributed by atoms with Crippen LogP contribution >= 0.6 is 11.8 Å². The van der Waals surface area contributed by atoms with Crippen molar-refractivity contribution in [2.24, 2.45) is 0 Å². The van der Waals surface area contributed by atoms with Crippen molar-refractivity contribution in [1.82, 2.24) is 0 Å². The molecular weight excluding hydrogens is 683 g/mol. The molecule has 1 aliphatic carbocycles. The zero-order valence-corrected chi connectivity index (χ0v) is 25.3. The summed E-state index contributed by atoms with van der Waals surface area (Å²) in [5, 5.41) is -7.77. The molecule has 3 aromatic rings. The molecule has 0 heterocycles. The number of halogens is 9. The highest BCUT2D eigenvalue weighted by Gasteiger charge is 2.86. The fourth-order valence-corrected chi connectivity index (χ4v) is 7.69.